The molecule has 3 nitrogen and oxygen atoms in total. The normalized spacial score (nSPS) is 22.9. The van der Waals surface area contributed by atoms with Gasteiger partial charge in [-0.1, -0.05) is 13.3 Å². The Morgan fingerprint density at radius 2 is 2.10 bits per heavy atom. The minimum absolute atomic E-state index is 0.0609. The van der Waals surface area contributed by atoms with Gasteiger partial charge in [-0.05, 0) is 30.9 Å². The van der Waals surface area contributed by atoms with Gasteiger partial charge in [0.1, 0.15) is 11.6 Å². The van der Waals surface area contributed by atoms with E-state index < -0.39 is 11.6 Å². The van der Waals surface area contributed by atoms with E-state index in [0.29, 0.717) is 19.5 Å². The van der Waals surface area contributed by atoms with Gasteiger partial charge in [0.25, 0.3) is 5.91 Å². The lowest BCUT2D eigenvalue weighted by atomic mass is 9.90. The third-order valence-electron chi connectivity index (χ3n) is 4.08. The number of hydrogen-bond donors (Lipinski definition) is 1. The summed E-state index contributed by atoms with van der Waals surface area (Å²) in [5.74, 6) is -1.58. The highest BCUT2D eigenvalue weighted by molar-refractivity contribution is 5.94. The highest BCUT2D eigenvalue weighted by atomic mass is 19.1. The second kappa shape index (κ2) is 5.87. The number of nitrogens with two attached hydrogens (primary N) is 1. The van der Waals surface area contributed by atoms with E-state index in [1.54, 1.807) is 4.90 Å². The topological polar surface area (TPSA) is 46.3 Å². The number of amides is 1. The lowest BCUT2D eigenvalue weighted by Crippen LogP contribution is -2.49. The van der Waals surface area contributed by atoms with E-state index in [4.69, 9.17) is 5.73 Å². The standard InChI is InChI=1S/C15H20F2N2O/c1-3-10-8-19(5-4-14(10)18)15(20)11-6-9(2)12(16)7-13(11)17/h6-7,10,14H,3-5,8,18H2,1-2H3. The molecule has 2 unspecified atom stereocenters. The van der Waals surface area contributed by atoms with Crippen LogP contribution in [0.3, 0.4) is 0 Å². The first kappa shape index (κ1) is 14.9. The van der Waals surface area contributed by atoms with Crippen molar-refractivity contribution in [2.75, 3.05) is 13.1 Å². The molecular formula is C15H20F2N2O. The number of benzene rings is 1. The van der Waals surface area contributed by atoms with Crippen LogP contribution in [0.5, 0.6) is 0 Å². The van der Waals surface area contributed by atoms with Crippen molar-refractivity contribution in [3.63, 3.8) is 0 Å². The summed E-state index contributed by atoms with van der Waals surface area (Å²) in [6, 6.07) is 2.14. The third kappa shape index (κ3) is 2.82. The first-order valence-corrected chi connectivity index (χ1v) is 6.94. The molecule has 2 atom stereocenters. The number of nitrogens with zero attached hydrogens (tertiary/aromatic N) is 1. The zero-order valence-corrected chi connectivity index (χ0v) is 11.8. The Labute approximate surface area is 117 Å². The van der Waals surface area contributed by atoms with Crippen LogP contribution in [0.15, 0.2) is 12.1 Å². The molecule has 20 heavy (non-hydrogen) atoms. The molecule has 1 heterocycles. The largest absolute Gasteiger partial charge is 0.338 e. The van der Waals surface area contributed by atoms with Crippen molar-refractivity contribution in [1.29, 1.82) is 0 Å². The Balaban J connectivity index is 2.21. The number of halogens is 2. The molecular weight excluding hydrogens is 262 g/mol. The highest BCUT2D eigenvalue weighted by Crippen LogP contribution is 2.22. The van der Waals surface area contributed by atoms with E-state index in [-0.39, 0.29) is 29.0 Å². The van der Waals surface area contributed by atoms with E-state index in [1.165, 1.54) is 13.0 Å². The molecule has 1 aromatic carbocycles. The molecule has 5 heteroatoms. The Morgan fingerprint density at radius 3 is 2.75 bits per heavy atom. The molecule has 0 aromatic heterocycles. The van der Waals surface area contributed by atoms with E-state index in [9.17, 15) is 13.6 Å². The van der Waals surface area contributed by atoms with Crippen molar-refractivity contribution in [3.8, 4) is 0 Å². The predicted molar refractivity (Wildman–Crippen MR) is 73.4 cm³/mol. The highest BCUT2D eigenvalue weighted by Gasteiger charge is 2.29. The van der Waals surface area contributed by atoms with Gasteiger partial charge in [0, 0.05) is 25.2 Å². The molecule has 1 aliphatic heterocycles. The lowest BCUT2D eigenvalue weighted by Gasteiger charge is -2.36. The van der Waals surface area contributed by atoms with E-state index >= 15 is 0 Å². The maximum atomic E-state index is 13.8. The fourth-order valence-electron chi connectivity index (χ4n) is 2.66. The molecule has 1 aliphatic rings. The van der Waals surface area contributed by atoms with Gasteiger partial charge in [-0.15, -0.1) is 0 Å². The minimum Gasteiger partial charge on any atom is -0.338 e. The average Bonchev–Trinajstić information content (AvgIpc) is 2.42. The summed E-state index contributed by atoms with van der Waals surface area (Å²) in [5.41, 5.74) is 6.22. The summed E-state index contributed by atoms with van der Waals surface area (Å²) >= 11 is 0. The van der Waals surface area contributed by atoms with Crippen molar-refractivity contribution in [2.45, 2.75) is 32.7 Å². The second-order valence-electron chi connectivity index (χ2n) is 5.45. The smallest absolute Gasteiger partial charge is 0.256 e. The summed E-state index contributed by atoms with van der Waals surface area (Å²) in [6.07, 6.45) is 1.60. The van der Waals surface area contributed by atoms with Crippen LogP contribution in [-0.4, -0.2) is 29.9 Å². The number of likely N-dealkylation sites (tertiary alicyclic amines) is 1. The average molecular weight is 282 g/mol. The van der Waals surface area contributed by atoms with Gasteiger partial charge in [-0.2, -0.15) is 0 Å². The van der Waals surface area contributed by atoms with Crippen molar-refractivity contribution in [2.24, 2.45) is 11.7 Å². The predicted octanol–water partition coefficient (Wildman–Crippen LogP) is 2.47. The van der Waals surface area contributed by atoms with Crippen molar-refractivity contribution >= 4 is 5.91 Å². The molecule has 0 aliphatic carbocycles. The first-order valence-electron chi connectivity index (χ1n) is 6.94. The molecule has 0 saturated carbocycles. The molecule has 1 fully saturated rings. The molecule has 1 saturated heterocycles. The zero-order chi connectivity index (χ0) is 14.9. The van der Waals surface area contributed by atoms with Crippen LogP contribution in [0.1, 0.15) is 35.7 Å². The maximum Gasteiger partial charge on any atom is 0.256 e. The van der Waals surface area contributed by atoms with Gasteiger partial charge in [-0.3, -0.25) is 4.79 Å². The second-order valence-corrected chi connectivity index (χ2v) is 5.45. The molecule has 0 spiro atoms. The molecule has 2 N–H and O–H groups in total. The number of carbonyl (C=O) groups excluding carboxylic acids is 1. The zero-order valence-electron chi connectivity index (χ0n) is 11.8. The number of hydrogen-bond acceptors (Lipinski definition) is 2. The van der Waals surface area contributed by atoms with E-state index in [2.05, 4.69) is 0 Å². The van der Waals surface area contributed by atoms with Crippen LogP contribution in [0.4, 0.5) is 8.78 Å². The fraction of sp³-hybridized carbons (Fsp3) is 0.533. The van der Waals surface area contributed by atoms with Gasteiger partial charge in [0.2, 0.25) is 0 Å². The molecule has 0 bridgehead atoms. The first-order chi connectivity index (χ1) is 9.43. The van der Waals surface area contributed by atoms with Gasteiger partial charge in [0.15, 0.2) is 0 Å². The van der Waals surface area contributed by atoms with Crippen LogP contribution < -0.4 is 5.73 Å². The van der Waals surface area contributed by atoms with Crippen LogP contribution in [0, 0.1) is 24.5 Å². The Bertz CT molecular complexity index is 519. The summed E-state index contributed by atoms with van der Waals surface area (Å²) in [5, 5.41) is 0. The van der Waals surface area contributed by atoms with Crippen LogP contribution >= 0.6 is 0 Å². The number of piperidine rings is 1. The SMILES string of the molecule is CCC1CN(C(=O)c2cc(C)c(F)cc2F)CCC1N. The Hall–Kier alpha value is -1.49. The van der Waals surface area contributed by atoms with Crippen molar-refractivity contribution in [3.05, 3.63) is 34.9 Å². The lowest BCUT2D eigenvalue weighted by molar-refractivity contribution is 0.0644. The van der Waals surface area contributed by atoms with E-state index in [1.807, 2.05) is 6.92 Å². The van der Waals surface area contributed by atoms with Crippen LogP contribution in [-0.2, 0) is 0 Å². The molecule has 1 amide bonds. The molecule has 0 radical (unpaired) electrons. The Kier molecular flexibility index (Phi) is 4.38. The minimum atomic E-state index is -0.805. The van der Waals surface area contributed by atoms with Crippen molar-refractivity contribution < 1.29 is 13.6 Å². The summed E-state index contributed by atoms with van der Waals surface area (Å²) in [4.78, 5) is 14.0. The van der Waals surface area contributed by atoms with Gasteiger partial charge >= 0.3 is 0 Å². The number of aryl methyl sites for hydroxylation is 1. The number of carbonyl (C=O) groups is 1. The molecule has 2 rings (SSSR count). The summed E-state index contributed by atoms with van der Waals surface area (Å²) in [7, 11) is 0. The van der Waals surface area contributed by atoms with E-state index in [0.717, 1.165) is 12.5 Å². The quantitative estimate of drug-likeness (QED) is 0.905. The fourth-order valence-corrected chi connectivity index (χ4v) is 2.66. The van der Waals surface area contributed by atoms with Crippen molar-refractivity contribution in [1.82, 2.24) is 4.90 Å². The van der Waals surface area contributed by atoms with Gasteiger partial charge in [-0.25, -0.2) is 8.78 Å². The Morgan fingerprint density at radius 1 is 1.40 bits per heavy atom. The monoisotopic (exact) mass is 282 g/mol. The third-order valence-corrected chi connectivity index (χ3v) is 4.08. The number of rotatable bonds is 2. The van der Waals surface area contributed by atoms with Gasteiger partial charge in [0.05, 0.1) is 5.56 Å². The molecule has 1 aromatic rings. The van der Waals surface area contributed by atoms with Crippen LogP contribution in [0.25, 0.3) is 0 Å². The maximum absolute atomic E-state index is 13.8. The summed E-state index contributed by atoms with van der Waals surface area (Å²) in [6.45, 7) is 4.60. The van der Waals surface area contributed by atoms with Crippen LogP contribution in [0.2, 0.25) is 0 Å². The molecule has 110 valence electrons. The summed E-state index contributed by atoms with van der Waals surface area (Å²) < 4.78 is 27.0. The van der Waals surface area contributed by atoms with Gasteiger partial charge < -0.3 is 10.6 Å².